The second kappa shape index (κ2) is 9.77. The van der Waals surface area contributed by atoms with Crippen molar-refractivity contribution in [3.8, 4) is 11.1 Å². The maximum absolute atomic E-state index is 13.7. The first-order valence-electron chi connectivity index (χ1n) is 10.8. The first kappa shape index (κ1) is 21.1. The molecule has 1 N–H and O–H groups in total. The Morgan fingerprint density at radius 2 is 1.84 bits per heavy atom. The summed E-state index contributed by atoms with van der Waals surface area (Å²) in [5, 5.41) is 2.99. The van der Waals surface area contributed by atoms with E-state index in [4.69, 9.17) is 4.98 Å². The molecule has 1 aliphatic carbocycles. The molecule has 6 heteroatoms. The molecule has 31 heavy (non-hydrogen) atoms. The zero-order chi connectivity index (χ0) is 21.6. The number of hydrogen-bond acceptors (Lipinski definition) is 4. The first-order valence-corrected chi connectivity index (χ1v) is 10.8. The number of carbonyl (C=O) groups is 1. The fraction of sp³-hybridized carbons (Fsp3) is 0.360. The Kier molecular flexibility index (Phi) is 6.65. The molecule has 0 atom stereocenters. The summed E-state index contributed by atoms with van der Waals surface area (Å²) in [5.74, 6) is 1.15. The number of amides is 1. The molecule has 160 valence electrons. The van der Waals surface area contributed by atoms with Crippen molar-refractivity contribution in [2.45, 2.75) is 44.9 Å². The van der Waals surface area contributed by atoms with Crippen molar-refractivity contribution in [3.63, 3.8) is 0 Å². The monoisotopic (exact) mass is 418 g/mol. The zero-order valence-corrected chi connectivity index (χ0v) is 17.7. The Bertz CT molecular complexity index is 1030. The van der Waals surface area contributed by atoms with Gasteiger partial charge in [0, 0.05) is 36.6 Å². The second-order valence-electron chi connectivity index (χ2n) is 8.24. The van der Waals surface area contributed by atoms with Crippen LogP contribution in [-0.2, 0) is 11.2 Å². The lowest BCUT2D eigenvalue weighted by atomic mass is 9.79. The van der Waals surface area contributed by atoms with Gasteiger partial charge < -0.3 is 5.32 Å². The highest BCUT2D eigenvalue weighted by Crippen LogP contribution is 2.38. The number of aryl methyl sites for hydroxylation is 1. The summed E-state index contributed by atoms with van der Waals surface area (Å²) in [6.07, 6.45) is 9.71. The summed E-state index contributed by atoms with van der Waals surface area (Å²) in [5.41, 5.74) is 3.72. The van der Waals surface area contributed by atoms with Crippen LogP contribution >= 0.6 is 0 Å². The molecule has 5 nitrogen and oxygen atoms in total. The Labute approximate surface area is 182 Å². The highest BCUT2D eigenvalue weighted by atomic mass is 19.1. The second-order valence-corrected chi connectivity index (χ2v) is 8.24. The van der Waals surface area contributed by atoms with Crippen molar-refractivity contribution in [1.29, 1.82) is 0 Å². The Morgan fingerprint density at radius 1 is 1.10 bits per heavy atom. The fourth-order valence-electron chi connectivity index (χ4n) is 4.33. The van der Waals surface area contributed by atoms with E-state index in [1.54, 1.807) is 30.6 Å². The van der Waals surface area contributed by atoms with Gasteiger partial charge in [-0.15, -0.1) is 0 Å². The molecule has 0 unspecified atom stereocenters. The number of benzene rings is 1. The van der Waals surface area contributed by atoms with Gasteiger partial charge in [-0.05, 0) is 67.9 Å². The molecule has 1 fully saturated rings. The van der Waals surface area contributed by atoms with Crippen LogP contribution in [0, 0.1) is 18.7 Å². The van der Waals surface area contributed by atoms with E-state index >= 15 is 0 Å². The summed E-state index contributed by atoms with van der Waals surface area (Å²) in [6.45, 7) is 2.57. The first-order chi connectivity index (χ1) is 15.1. The lowest BCUT2D eigenvalue weighted by molar-refractivity contribution is -0.120. The van der Waals surface area contributed by atoms with E-state index < -0.39 is 0 Å². The van der Waals surface area contributed by atoms with Crippen molar-refractivity contribution in [2.24, 2.45) is 5.92 Å². The van der Waals surface area contributed by atoms with Crippen molar-refractivity contribution in [1.82, 2.24) is 20.3 Å². The highest BCUT2D eigenvalue weighted by Gasteiger charge is 2.26. The molecule has 0 bridgehead atoms. The molecule has 2 aromatic heterocycles. The van der Waals surface area contributed by atoms with Crippen LogP contribution in [0.15, 0.2) is 55.0 Å². The summed E-state index contributed by atoms with van der Waals surface area (Å²) < 4.78 is 13.7. The standard InChI is InChI=1S/C25H27FN4O/c1-17-28-16-22(19-10-12-27-13-11-19)25(30-17)20-8-6-18(7-9-20)15-29-24(31)14-21-4-2-3-5-23(21)26/h2-5,10-13,16,18,20H,6-9,14-15H2,1H3,(H,29,31). The van der Waals surface area contributed by atoms with Gasteiger partial charge in [-0.3, -0.25) is 9.78 Å². The Morgan fingerprint density at radius 3 is 2.58 bits per heavy atom. The van der Waals surface area contributed by atoms with Gasteiger partial charge >= 0.3 is 0 Å². The van der Waals surface area contributed by atoms with Crippen LogP contribution in [0.5, 0.6) is 0 Å². The Hall–Kier alpha value is -3.15. The summed E-state index contributed by atoms with van der Waals surface area (Å²) in [7, 11) is 0. The quantitative estimate of drug-likeness (QED) is 0.634. The topological polar surface area (TPSA) is 67.8 Å². The minimum absolute atomic E-state index is 0.0809. The largest absolute Gasteiger partial charge is 0.356 e. The van der Waals surface area contributed by atoms with E-state index in [1.165, 1.54) is 6.07 Å². The van der Waals surface area contributed by atoms with Gasteiger partial charge in [0.2, 0.25) is 5.91 Å². The smallest absolute Gasteiger partial charge is 0.224 e. The van der Waals surface area contributed by atoms with Crippen molar-refractivity contribution >= 4 is 5.91 Å². The summed E-state index contributed by atoms with van der Waals surface area (Å²) >= 11 is 0. The number of aromatic nitrogens is 3. The van der Waals surface area contributed by atoms with E-state index in [2.05, 4.69) is 15.3 Å². The predicted octanol–water partition coefficient (Wildman–Crippen LogP) is 4.62. The van der Waals surface area contributed by atoms with Gasteiger partial charge in [0.15, 0.2) is 0 Å². The average molecular weight is 419 g/mol. The Balaban J connectivity index is 1.34. The fourth-order valence-corrected chi connectivity index (χ4v) is 4.33. The van der Waals surface area contributed by atoms with Gasteiger partial charge in [0.25, 0.3) is 0 Å². The molecular formula is C25H27FN4O. The predicted molar refractivity (Wildman–Crippen MR) is 118 cm³/mol. The van der Waals surface area contributed by atoms with Crippen LogP contribution in [0.4, 0.5) is 4.39 Å². The van der Waals surface area contributed by atoms with E-state index in [-0.39, 0.29) is 18.1 Å². The number of rotatable bonds is 6. The van der Waals surface area contributed by atoms with Gasteiger partial charge in [-0.2, -0.15) is 0 Å². The van der Waals surface area contributed by atoms with Gasteiger partial charge in [0.1, 0.15) is 11.6 Å². The van der Waals surface area contributed by atoms with E-state index in [0.717, 1.165) is 48.3 Å². The third kappa shape index (κ3) is 5.32. The molecule has 2 heterocycles. The zero-order valence-electron chi connectivity index (χ0n) is 17.7. The molecule has 4 rings (SSSR count). The lowest BCUT2D eigenvalue weighted by Gasteiger charge is -2.29. The number of nitrogens with zero attached hydrogens (tertiary/aromatic N) is 3. The normalized spacial score (nSPS) is 18.5. The third-order valence-corrected chi connectivity index (χ3v) is 6.06. The van der Waals surface area contributed by atoms with Crippen LogP contribution in [0.25, 0.3) is 11.1 Å². The molecule has 1 aliphatic rings. The molecule has 0 spiro atoms. The molecule has 1 amide bonds. The average Bonchev–Trinajstić information content (AvgIpc) is 2.80. The van der Waals surface area contributed by atoms with Crippen LogP contribution in [0.3, 0.4) is 0 Å². The number of halogens is 1. The number of hydrogen-bond donors (Lipinski definition) is 1. The van der Waals surface area contributed by atoms with Gasteiger partial charge in [0.05, 0.1) is 12.1 Å². The number of carbonyl (C=O) groups excluding carboxylic acids is 1. The molecule has 3 aromatic rings. The molecule has 0 radical (unpaired) electrons. The maximum atomic E-state index is 13.7. The number of nitrogens with one attached hydrogen (secondary N) is 1. The van der Waals surface area contributed by atoms with Gasteiger partial charge in [-0.1, -0.05) is 18.2 Å². The minimum Gasteiger partial charge on any atom is -0.356 e. The molecule has 1 aromatic carbocycles. The third-order valence-electron chi connectivity index (χ3n) is 6.06. The highest BCUT2D eigenvalue weighted by molar-refractivity contribution is 5.78. The lowest BCUT2D eigenvalue weighted by Crippen LogP contribution is -2.32. The van der Waals surface area contributed by atoms with Crippen LogP contribution in [0.2, 0.25) is 0 Å². The number of pyridine rings is 1. The molecular weight excluding hydrogens is 391 g/mol. The van der Waals surface area contributed by atoms with Crippen LogP contribution in [0.1, 0.15) is 48.7 Å². The van der Waals surface area contributed by atoms with Crippen molar-refractivity contribution in [2.75, 3.05) is 6.54 Å². The van der Waals surface area contributed by atoms with E-state index in [0.29, 0.717) is 23.9 Å². The molecule has 1 saturated carbocycles. The van der Waals surface area contributed by atoms with Crippen LogP contribution < -0.4 is 5.32 Å². The summed E-state index contributed by atoms with van der Waals surface area (Å²) in [6, 6.07) is 10.4. The van der Waals surface area contributed by atoms with Gasteiger partial charge in [-0.25, -0.2) is 14.4 Å². The van der Waals surface area contributed by atoms with Crippen LogP contribution in [-0.4, -0.2) is 27.4 Å². The molecule has 0 aliphatic heterocycles. The van der Waals surface area contributed by atoms with E-state index in [9.17, 15) is 9.18 Å². The maximum Gasteiger partial charge on any atom is 0.224 e. The molecule has 0 saturated heterocycles. The van der Waals surface area contributed by atoms with Crippen molar-refractivity contribution in [3.05, 3.63) is 77.9 Å². The van der Waals surface area contributed by atoms with Crippen molar-refractivity contribution < 1.29 is 9.18 Å². The SMILES string of the molecule is Cc1ncc(-c2ccncc2)c(C2CCC(CNC(=O)Cc3ccccc3F)CC2)n1. The minimum atomic E-state index is -0.330. The van der Waals surface area contributed by atoms with E-state index in [1.807, 2.05) is 25.3 Å². The summed E-state index contributed by atoms with van der Waals surface area (Å²) in [4.78, 5) is 25.5.